The quantitative estimate of drug-likeness (QED) is 0.205. The van der Waals surface area contributed by atoms with Gasteiger partial charge in [0.15, 0.2) is 11.5 Å². The van der Waals surface area contributed by atoms with Crippen LogP contribution in [0.15, 0.2) is 44.3 Å². The number of pyridine rings is 1. The number of fused-ring (bicyclic) bond motifs is 4. The Kier molecular flexibility index (Phi) is 4.78. The van der Waals surface area contributed by atoms with E-state index in [2.05, 4.69) is 4.98 Å². The Labute approximate surface area is 191 Å². The number of H-pyrrole nitrogens is 1. The van der Waals surface area contributed by atoms with E-state index < -0.39 is 34.6 Å². The number of benzene rings is 2. The normalized spacial score (nSPS) is 15.3. The SMILES string of the molecule is COc1ccc2[nH]c(=O)c([C@H]3CC(=O)Oc4c(C(C)=O)c(O)c5c(C)cc(=O)oc5c43)cc2c1. The highest BCUT2D eigenvalue weighted by Gasteiger charge is 2.38. The maximum Gasteiger partial charge on any atom is 0.336 e. The number of esters is 1. The third kappa shape index (κ3) is 3.16. The zero-order valence-electron chi connectivity index (χ0n) is 18.5. The first-order valence-corrected chi connectivity index (χ1v) is 10.5. The van der Waals surface area contributed by atoms with Crippen LogP contribution in [0.1, 0.15) is 46.3 Å². The molecule has 0 saturated carbocycles. The molecule has 0 amide bonds. The Morgan fingerprint density at radius 1 is 1.18 bits per heavy atom. The highest BCUT2D eigenvalue weighted by Crippen LogP contribution is 2.49. The number of phenolic OH excluding ortho intramolecular Hbond substituents is 1. The number of aromatic nitrogens is 1. The third-order valence-electron chi connectivity index (χ3n) is 6.09. The van der Waals surface area contributed by atoms with Crippen molar-refractivity contribution >= 4 is 33.6 Å². The summed E-state index contributed by atoms with van der Waals surface area (Å²) in [6, 6.07) is 7.96. The van der Waals surface area contributed by atoms with Gasteiger partial charge in [0.25, 0.3) is 5.56 Å². The minimum atomic E-state index is -0.901. The van der Waals surface area contributed by atoms with Crippen LogP contribution < -0.4 is 20.7 Å². The average molecular weight is 461 g/mol. The lowest BCUT2D eigenvalue weighted by atomic mass is 9.83. The van der Waals surface area contributed by atoms with E-state index in [1.807, 2.05) is 0 Å². The fourth-order valence-electron chi connectivity index (χ4n) is 4.59. The molecule has 172 valence electrons. The molecule has 1 aliphatic rings. The number of aromatic hydroxyl groups is 1. The molecule has 0 aliphatic carbocycles. The Bertz CT molecular complexity index is 1660. The molecule has 2 aromatic heterocycles. The molecule has 0 radical (unpaired) electrons. The fraction of sp³-hybridized carbons (Fsp3) is 0.200. The molecule has 2 aromatic carbocycles. The maximum atomic E-state index is 13.1. The lowest BCUT2D eigenvalue weighted by molar-refractivity contribution is -0.135. The Morgan fingerprint density at radius 2 is 1.94 bits per heavy atom. The molecular weight excluding hydrogens is 442 g/mol. The molecule has 4 aromatic rings. The first-order valence-electron chi connectivity index (χ1n) is 10.5. The third-order valence-corrected chi connectivity index (χ3v) is 6.09. The van der Waals surface area contributed by atoms with Crippen molar-refractivity contribution < 1.29 is 28.6 Å². The van der Waals surface area contributed by atoms with Gasteiger partial charge in [0.05, 0.1) is 18.9 Å². The second-order valence-corrected chi connectivity index (χ2v) is 8.21. The Hall–Kier alpha value is -4.40. The second kappa shape index (κ2) is 7.58. The van der Waals surface area contributed by atoms with Crippen LogP contribution in [0.4, 0.5) is 0 Å². The molecule has 0 fully saturated rings. The van der Waals surface area contributed by atoms with Gasteiger partial charge in [0.2, 0.25) is 0 Å². The summed E-state index contributed by atoms with van der Waals surface area (Å²) in [5.74, 6) is -2.23. The fourth-order valence-corrected chi connectivity index (χ4v) is 4.59. The van der Waals surface area contributed by atoms with Crippen LogP contribution in [0.3, 0.4) is 0 Å². The van der Waals surface area contributed by atoms with E-state index in [0.717, 1.165) is 0 Å². The molecule has 9 heteroatoms. The van der Waals surface area contributed by atoms with E-state index in [1.165, 1.54) is 20.1 Å². The number of carbonyl (C=O) groups excluding carboxylic acids is 2. The lowest BCUT2D eigenvalue weighted by Gasteiger charge is -2.27. The van der Waals surface area contributed by atoms with Crippen molar-refractivity contribution in [3.63, 3.8) is 0 Å². The van der Waals surface area contributed by atoms with Crippen LogP contribution in [-0.4, -0.2) is 29.0 Å². The summed E-state index contributed by atoms with van der Waals surface area (Å²) in [4.78, 5) is 53.2. The Balaban J connectivity index is 1.91. The molecule has 3 heterocycles. The van der Waals surface area contributed by atoms with Crippen molar-refractivity contribution in [1.82, 2.24) is 4.98 Å². The van der Waals surface area contributed by atoms with Gasteiger partial charge in [-0.25, -0.2) is 4.79 Å². The monoisotopic (exact) mass is 461 g/mol. The van der Waals surface area contributed by atoms with Crippen molar-refractivity contribution in [3.8, 4) is 17.2 Å². The summed E-state index contributed by atoms with van der Waals surface area (Å²) in [7, 11) is 1.52. The molecule has 34 heavy (non-hydrogen) atoms. The summed E-state index contributed by atoms with van der Waals surface area (Å²) >= 11 is 0. The summed E-state index contributed by atoms with van der Waals surface area (Å²) in [5, 5.41) is 11.7. The minimum Gasteiger partial charge on any atom is -0.506 e. The molecule has 1 atom stereocenters. The van der Waals surface area contributed by atoms with Crippen molar-refractivity contribution in [2.45, 2.75) is 26.2 Å². The smallest absolute Gasteiger partial charge is 0.336 e. The Morgan fingerprint density at radius 3 is 2.65 bits per heavy atom. The van der Waals surface area contributed by atoms with E-state index in [0.29, 0.717) is 22.2 Å². The predicted octanol–water partition coefficient (Wildman–Crippen LogP) is 3.30. The van der Waals surface area contributed by atoms with Crippen LogP contribution >= 0.6 is 0 Å². The largest absolute Gasteiger partial charge is 0.506 e. The highest BCUT2D eigenvalue weighted by atomic mass is 16.5. The molecule has 0 bridgehead atoms. The van der Waals surface area contributed by atoms with Crippen LogP contribution in [0.2, 0.25) is 0 Å². The zero-order chi connectivity index (χ0) is 24.3. The van der Waals surface area contributed by atoms with Gasteiger partial charge >= 0.3 is 11.6 Å². The molecular formula is C25H19NO8. The maximum absolute atomic E-state index is 13.1. The van der Waals surface area contributed by atoms with E-state index in [4.69, 9.17) is 13.9 Å². The number of hydrogen-bond donors (Lipinski definition) is 2. The van der Waals surface area contributed by atoms with Crippen molar-refractivity contribution in [3.05, 3.63) is 73.4 Å². The minimum absolute atomic E-state index is 0.0369. The molecule has 2 N–H and O–H groups in total. The lowest BCUT2D eigenvalue weighted by Crippen LogP contribution is -2.27. The average Bonchev–Trinajstić information content (AvgIpc) is 2.76. The van der Waals surface area contributed by atoms with E-state index in [9.17, 15) is 24.3 Å². The predicted molar refractivity (Wildman–Crippen MR) is 122 cm³/mol. The molecule has 5 rings (SSSR count). The van der Waals surface area contributed by atoms with Gasteiger partial charge in [-0.3, -0.25) is 14.4 Å². The van der Waals surface area contributed by atoms with Gasteiger partial charge in [-0.1, -0.05) is 0 Å². The number of carbonyl (C=O) groups is 2. The molecule has 9 nitrogen and oxygen atoms in total. The summed E-state index contributed by atoms with van der Waals surface area (Å²) in [6.45, 7) is 2.82. The van der Waals surface area contributed by atoms with Gasteiger partial charge < -0.3 is 24.0 Å². The molecule has 1 aliphatic heterocycles. The number of ketones is 1. The van der Waals surface area contributed by atoms with E-state index in [-0.39, 0.29) is 39.8 Å². The van der Waals surface area contributed by atoms with Crippen LogP contribution in [0.5, 0.6) is 17.2 Å². The number of hydrogen-bond acceptors (Lipinski definition) is 8. The van der Waals surface area contributed by atoms with Crippen molar-refractivity contribution in [2.75, 3.05) is 7.11 Å². The first kappa shape index (κ1) is 21.4. The number of methoxy groups -OCH3 is 1. The highest BCUT2D eigenvalue weighted by molar-refractivity contribution is 6.09. The topological polar surface area (TPSA) is 136 Å². The zero-order valence-corrected chi connectivity index (χ0v) is 18.5. The number of ether oxygens (including phenoxy) is 2. The van der Waals surface area contributed by atoms with Gasteiger partial charge in [0, 0.05) is 34.0 Å². The van der Waals surface area contributed by atoms with Crippen LogP contribution in [0, 0.1) is 6.92 Å². The number of Topliss-reactive ketones (excluding diaryl/α,β-unsaturated/α-hetero) is 1. The van der Waals surface area contributed by atoms with Crippen LogP contribution in [-0.2, 0) is 4.79 Å². The number of aryl methyl sites for hydroxylation is 1. The van der Waals surface area contributed by atoms with Gasteiger partial charge in [-0.2, -0.15) is 0 Å². The van der Waals surface area contributed by atoms with E-state index >= 15 is 0 Å². The van der Waals surface area contributed by atoms with Crippen LogP contribution in [0.25, 0.3) is 21.9 Å². The standard InChI is InChI=1S/C25H19NO8/c1-10-6-17(28)33-23-19(10)22(30)20(11(2)27)24-21(23)14(9-18(29)34-24)15-8-12-7-13(32-3)4-5-16(12)26-25(15)31/h4-8,14,30H,9H2,1-3H3,(H,26,31)/t14-/m1/s1. The summed E-state index contributed by atoms with van der Waals surface area (Å²) in [6.07, 6.45) is -0.236. The van der Waals surface area contributed by atoms with E-state index in [1.54, 1.807) is 31.2 Å². The summed E-state index contributed by atoms with van der Waals surface area (Å²) < 4.78 is 16.1. The molecule has 0 unspecified atom stereocenters. The molecule has 0 spiro atoms. The second-order valence-electron chi connectivity index (χ2n) is 8.21. The van der Waals surface area contributed by atoms with Crippen molar-refractivity contribution in [1.29, 1.82) is 0 Å². The number of aromatic amines is 1. The molecule has 0 saturated heterocycles. The number of nitrogens with one attached hydrogen (secondary N) is 1. The summed E-state index contributed by atoms with van der Waals surface area (Å²) in [5.41, 5.74) is -0.0479. The number of rotatable bonds is 3. The van der Waals surface area contributed by atoms with Gasteiger partial charge in [-0.05, 0) is 43.7 Å². The van der Waals surface area contributed by atoms with Gasteiger partial charge in [-0.15, -0.1) is 0 Å². The first-order chi connectivity index (χ1) is 16.2. The van der Waals surface area contributed by atoms with Crippen molar-refractivity contribution in [2.24, 2.45) is 0 Å². The van der Waals surface area contributed by atoms with Gasteiger partial charge in [0.1, 0.15) is 22.6 Å². The number of phenols is 1.